The highest BCUT2D eigenvalue weighted by Gasteiger charge is 2.55. The lowest BCUT2D eigenvalue weighted by Gasteiger charge is -2.57. The van der Waals surface area contributed by atoms with Crippen LogP contribution < -0.4 is 4.74 Å². The zero-order chi connectivity index (χ0) is 25.5. The van der Waals surface area contributed by atoms with Gasteiger partial charge in [0, 0.05) is 36.4 Å². The molecule has 3 aromatic rings. The van der Waals surface area contributed by atoms with Crippen LogP contribution in [0.1, 0.15) is 48.5 Å². The van der Waals surface area contributed by atoms with Crippen LogP contribution in [-0.2, 0) is 12.7 Å². The van der Waals surface area contributed by atoms with Gasteiger partial charge in [0.1, 0.15) is 24.4 Å². The van der Waals surface area contributed by atoms with E-state index in [-0.39, 0.29) is 12.1 Å². The third kappa shape index (κ3) is 4.39. The van der Waals surface area contributed by atoms with Gasteiger partial charge in [0.15, 0.2) is 0 Å². The second-order valence-corrected chi connectivity index (χ2v) is 10.2. The number of aliphatic hydroxyl groups is 1. The summed E-state index contributed by atoms with van der Waals surface area (Å²) in [6.07, 6.45) is 2.14. The Morgan fingerprint density at radius 3 is 2.69 bits per heavy atom. The SMILES string of the molecule is C=CC1CCC(C(O)c2ccnc3ccc(OC)cc23)[N+]2(Cc3cccc(C(F)(F)F)c3)CCC2C1. The van der Waals surface area contributed by atoms with Gasteiger partial charge in [0.25, 0.3) is 0 Å². The summed E-state index contributed by atoms with van der Waals surface area (Å²) >= 11 is 0. The van der Waals surface area contributed by atoms with Gasteiger partial charge in [0.2, 0.25) is 0 Å². The van der Waals surface area contributed by atoms with Gasteiger partial charge in [-0.25, -0.2) is 0 Å². The fraction of sp³-hybridized carbons (Fsp3) is 0.414. The molecule has 0 aliphatic carbocycles. The first-order chi connectivity index (χ1) is 17.2. The number of fused-ring (bicyclic) bond motifs is 2. The summed E-state index contributed by atoms with van der Waals surface area (Å²) < 4.78 is 46.4. The van der Waals surface area contributed by atoms with Crippen LogP contribution in [0.2, 0.25) is 0 Å². The summed E-state index contributed by atoms with van der Waals surface area (Å²) in [4.78, 5) is 4.46. The lowest BCUT2D eigenvalue weighted by molar-refractivity contribution is -1.02. The number of aromatic nitrogens is 1. The molecule has 2 fully saturated rings. The van der Waals surface area contributed by atoms with E-state index in [0.717, 1.165) is 54.8 Å². The standard InChI is InChI=1S/C29H32F3N2O2/c1-3-19-7-10-27(28(35)24-11-13-33-26-9-8-23(36-2)17-25(24)26)34(14-12-22(34)16-19)18-20-5-4-6-21(15-20)29(30,31)32/h3-6,8-9,11,13,15,17,19,22,27-28,35H,1,7,10,12,14,16,18H2,2H3/q+1. The highest BCUT2D eigenvalue weighted by Crippen LogP contribution is 2.48. The van der Waals surface area contributed by atoms with E-state index < -0.39 is 17.8 Å². The molecule has 0 saturated carbocycles. The maximum Gasteiger partial charge on any atom is 0.416 e. The summed E-state index contributed by atoms with van der Waals surface area (Å²) in [5, 5.41) is 12.8. The fourth-order valence-corrected chi connectivity index (χ4v) is 6.42. The number of halogens is 3. The minimum absolute atomic E-state index is 0.153. The largest absolute Gasteiger partial charge is 0.497 e. The number of allylic oxidation sites excluding steroid dienone is 1. The Balaban J connectivity index is 1.57. The molecule has 2 saturated heterocycles. The molecule has 0 radical (unpaired) electrons. The van der Waals surface area contributed by atoms with E-state index in [9.17, 15) is 18.3 Å². The van der Waals surface area contributed by atoms with Gasteiger partial charge in [-0.2, -0.15) is 13.2 Å². The second kappa shape index (κ2) is 9.52. The van der Waals surface area contributed by atoms with Crippen molar-refractivity contribution in [3.63, 3.8) is 0 Å². The second-order valence-electron chi connectivity index (χ2n) is 10.2. The number of ether oxygens (including phenoxy) is 1. The zero-order valence-electron chi connectivity index (χ0n) is 20.4. The van der Waals surface area contributed by atoms with Gasteiger partial charge in [-0.05, 0) is 54.3 Å². The van der Waals surface area contributed by atoms with Crippen molar-refractivity contribution in [2.75, 3.05) is 13.7 Å². The number of quaternary nitrogens is 1. The predicted octanol–water partition coefficient (Wildman–Crippen LogP) is 6.44. The average Bonchev–Trinajstić information content (AvgIpc) is 2.97. The Morgan fingerprint density at radius 1 is 1.17 bits per heavy atom. The molecule has 5 unspecified atom stereocenters. The smallest absolute Gasteiger partial charge is 0.416 e. The number of alkyl halides is 3. The predicted molar refractivity (Wildman–Crippen MR) is 133 cm³/mol. The molecule has 2 aromatic carbocycles. The van der Waals surface area contributed by atoms with Crippen LogP contribution in [0.5, 0.6) is 5.75 Å². The number of rotatable bonds is 6. The minimum atomic E-state index is -4.38. The summed E-state index contributed by atoms with van der Waals surface area (Å²) in [5.74, 6) is 1.02. The summed E-state index contributed by atoms with van der Waals surface area (Å²) in [6, 6.07) is 13.3. The zero-order valence-corrected chi connectivity index (χ0v) is 20.4. The van der Waals surface area contributed by atoms with E-state index in [1.165, 1.54) is 12.1 Å². The van der Waals surface area contributed by atoms with Crippen LogP contribution >= 0.6 is 0 Å². The monoisotopic (exact) mass is 497 g/mol. The number of hydrogen-bond donors (Lipinski definition) is 1. The third-order valence-electron chi connectivity index (χ3n) is 8.40. The Hall–Kier alpha value is -2.90. The summed E-state index contributed by atoms with van der Waals surface area (Å²) in [5.41, 5.74) is 1.59. The molecule has 1 aromatic heterocycles. The van der Waals surface area contributed by atoms with Crippen molar-refractivity contribution < 1.29 is 27.5 Å². The van der Waals surface area contributed by atoms with Crippen molar-refractivity contribution in [1.82, 2.24) is 4.98 Å². The first kappa shape index (κ1) is 24.8. The van der Waals surface area contributed by atoms with Crippen LogP contribution in [0.3, 0.4) is 0 Å². The number of methoxy groups -OCH3 is 1. The summed E-state index contributed by atoms with van der Waals surface area (Å²) in [7, 11) is 1.61. The molecular weight excluding hydrogens is 465 g/mol. The molecule has 190 valence electrons. The van der Waals surface area contributed by atoms with E-state index in [2.05, 4.69) is 11.6 Å². The first-order valence-electron chi connectivity index (χ1n) is 12.5. The number of pyridine rings is 1. The molecular formula is C29H32F3N2O2+. The number of aliphatic hydroxyl groups excluding tert-OH is 1. The molecule has 2 aliphatic heterocycles. The summed E-state index contributed by atoms with van der Waals surface area (Å²) in [6.45, 7) is 5.32. The molecule has 5 atom stereocenters. The van der Waals surface area contributed by atoms with Crippen LogP contribution in [0, 0.1) is 5.92 Å². The molecule has 7 heteroatoms. The minimum Gasteiger partial charge on any atom is -0.497 e. The Labute approximate surface area is 209 Å². The highest BCUT2D eigenvalue weighted by molar-refractivity contribution is 5.83. The van der Waals surface area contributed by atoms with Gasteiger partial charge in [-0.3, -0.25) is 4.98 Å². The Morgan fingerprint density at radius 2 is 2.00 bits per heavy atom. The van der Waals surface area contributed by atoms with Crippen molar-refractivity contribution in [2.45, 2.75) is 56.6 Å². The van der Waals surface area contributed by atoms with Crippen molar-refractivity contribution in [1.29, 1.82) is 0 Å². The molecule has 0 bridgehead atoms. The molecule has 0 amide bonds. The lowest BCUT2D eigenvalue weighted by atomic mass is 9.85. The molecule has 4 nitrogen and oxygen atoms in total. The van der Waals surface area contributed by atoms with Gasteiger partial charge in [-0.1, -0.05) is 18.2 Å². The molecule has 0 spiro atoms. The quantitative estimate of drug-likeness (QED) is 0.315. The van der Waals surface area contributed by atoms with Gasteiger partial charge >= 0.3 is 6.18 Å². The normalized spacial score (nSPS) is 27.0. The van der Waals surface area contributed by atoms with Crippen molar-refractivity contribution in [3.05, 3.63) is 84.1 Å². The van der Waals surface area contributed by atoms with E-state index in [1.807, 2.05) is 30.3 Å². The van der Waals surface area contributed by atoms with Crippen LogP contribution in [-0.4, -0.2) is 40.3 Å². The number of hydrogen-bond acceptors (Lipinski definition) is 3. The van der Waals surface area contributed by atoms with Crippen LogP contribution in [0.25, 0.3) is 10.9 Å². The Bertz CT molecular complexity index is 1260. The van der Waals surface area contributed by atoms with Gasteiger partial charge < -0.3 is 14.3 Å². The third-order valence-corrected chi connectivity index (χ3v) is 8.40. The first-order valence-corrected chi connectivity index (χ1v) is 12.5. The molecule has 2 aliphatic rings. The van der Waals surface area contributed by atoms with E-state index in [1.54, 1.807) is 19.4 Å². The van der Waals surface area contributed by atoms with Gasteiger partial charge in [0.05, 0.1) is 30.8 Å². The molecule has 1 N–H and O–H groups in total. The van der Waals surface area contributed by atoms with Gasteiger partial charge in [-0.15, -0.1) is 6.58 Å². The van der Waals surface area contributed by atoms with Crippen molar-refractivity contribution >= 4 is 10.9 Å². The van der Waals surface area contributed by atoms with Crippen LogP contribution in [0.15, 0.2) is 67.4 Å². The fourth-order valence-electron chi connectivity index (χ4n) is 6.42. The number of benzene rings is 2. The van der Waals surface area contributed by atoms with Crippen LogP contribution in [0.4, 0.5) is 13.2 Å². The average molecular weight is 498 g/mol. The van der Waals surface area contributed by atoms with Crippen molar-refractivity contribution in [3.8, 4) is 5.75 Å². The van der Waals surface area contributed by atoms with Crippen molar-refractivity contribution in [2.24, 2.45) is 5.92 Å². The van der Waals surface area contributed by atoms with E-state index in [4.69, 9.17) is 4.74 Å². The lowest BCUT2D eigenvalue weighted by Crippen LogP contribution is -2.69. The molecule has 36 heavy (non-hydrogen) atoms. The molecule has 5 rings (SSSR count). The Kier molecular flexibility index (Phi) is 6.55. The highest BCUT2D eigenvalue weighted by atomic mass is 19.4. The van der Waals surface area contributed by atoms with E-state index in [0.29, 0.717) is 28.3 Å². The topological polar surface area (TPSA) is 42.4 Å². The number of nitrogens with zero attached hydrogens (tertiary/aromatic N) is 2. The molecule has 3 heterocycles. The maximum absolute atomic E-state index is 13.5. The maximum atomic E-state index is 13.5. The van der Waals surface area contributed by atoms with E-state index >= 15 is 0 Å².